The van der Waals surface area contributed by atoms with Crippen molar-refractivity contribution in [2.75, 3.05) is 13.1 Å². The van der Waals surface area contributed by atoms with Gasteiger partial charge in [0.15, 0.2) is 5.78 Å². The molecule has 0 unspecified atom stereocenters. The van der Waals surface area contributed by atoms with Crippen LogP contribution in [0.25, 0.3) is 10.8 Å². The van der Waals surface area contributed by atoms with Crippen molar-refractivity contribution in [1.29, 1.82) is 0 Å². The minimum atomic E-state index is -0.556. The van der Waals surface area contributed by atoms with Gasteiger partial charge in [0.1, 0.15) is 0 Å². The molecule has 0 bridgehead atoms. The Kier molecular flexibility index (Phi) is 7.07. The first-order chi connectivity index (χ1) is 15.2. The second-order valence-electron chi connectivity index (χ2n) is 8.15. The Morgan fingerprint density at radius 2 is 1.71 bits per heavy atom. The number of rotatable bonds is 9. The van der Waals surface area contributed by atoms with E-state index in [0.717, 1.165) is 41.3 Å². The van der Waals surface area contributed by atoms with Crippen LogP contribution >= 0.6 is 0 Å². The van der Waals surface area contributed by atoms with Gasteiger partial charge in [-0.2, -0.15) is 0 Å². The number of Topliss-reactive ketones (excluding diaryl/α,β-unsaturated/α-hetero) is 1. The highest BCUT2D eigenvalue weighted by Crippen LogP contribution is 2.17. The molecule has 1 aliphatic heterocycles. The molecule has 5 heteroatoms. The molecule has 3 N–H and O–H groups in total. The molecule has 1 fully saturated rings. The van der Waals surface area contributed by atoms with Crippen LogP contribution in [0.5, 0.6) is 0 Å². The lowest BCUT2D eigenvalue weighted by Gasteiger charge is -2.21. The van der Waals surface area contributed by atoms with Crippen LogP contribution in [0.15, 0.2) is 72.8 Å². The highest BCUT2D eigenvalue weighted by molar-refractivity contribution is 5.92. The fourth-order valence-corrected chi connectivity index (χ4v) is 4.08. The monoisotopic (exact) mass is 415 g/mol. The Labute approximate surface area is 183 Å². The lowest BCUT2D eigenvalue weighted by molar-refractivity contribution is -0.128. The van der Waals surface area contributed by atoms with E-state index in [2.05, 4.69) is 40.2 Å². The van der Waals surface area contributed by atoms with E-state index in [1.54, 1.807) is 0 Å². The predicted molar refractivity (Wildman–Crippen MR) is 124 cm³/mol. The first-order valence-electron chi connectivity index (χ1n) is 11.0. The van der Waals surface area contributed by atoms with E-state index in [4.69, 9.17) is 0 Å². The molecule has 1 heterocycles. The van der Waals surface area contributed by atoms with E-state index < -0.39 is 6.04 Å². The second kappa shape index (κ2) is 10.3. The summed E-state index contributed by atoms with van der Waals surface area (Å²) in [5, 5.41) is 11.8. The van der Waals surface area contributed by atoms with Crippen molar-refractivity contribution in [2.24, 2.45) is 0 Å². The fraction of sp³-hybridized carbons (Fsp3) is 0.308. The summed E-state index contributed by atoms with van der Waals surface area (Å²) in [6, 6.07) is 23.6. The summed E-state index contributed by atoms with van der Waals surface area (Å²) in [4.78, 5) is 25.8. The molecule has 1 saturated heterocycles. The Morgan fingerprint density at radius 3 is 2.48 bits per heavy atom. The lowest BCUT2D eigenvalue weighted by Crippen LogP contribution is -2.50. The van der Waals surface area contributed by atoms with Crippen molar-refractivity contribution in [3.05, 3.63) is 83.9 Å². The van der Waals surface area contributed by atoms with Gasteiger partial charge < -0.3 is 16.0 Å². The molecule has 4 rings (SSSR count). The molecule has 5 nitrogen and oxygen atoms in total. The lowest BCUT2D eigenvalue weighted by atomic mass is 9.98. The highest BCUT2D eigenvalue weighted by Gasteiger charge is 2.27. The molecule has 0 aliphatic carbocycles. The van der Waals surface area contributed by atoms with Gasteiger partial charge in [0.2, 0.25) is 5.91 Å². The molecule has 1 amide bonds. The van der Waals surface area contributed by atoms with E-state index in [9.17, 15) is 9.59 Å². The van der Waals surface area contributed by atoms with Gasteiger partial charge in [-0.25, -0.2) is 0 Å². The maximum absolute atomic E-state index is 13.1. The molecule has 3 aromatic rings. The summed E-state index contributed by atoms with van der Waals surface area (Å²) < 4.78 is 0. The quantitative estimate of drug-likeness (QED) is 0.503. The van der Waals surface area contributed by atoms with Crippen LogP contribution in [-0.4, -0.2) is 36.9 Å². The molecule has 3 aromatic carbocycles. The smallest absolute Gasteiger partial charge is 0.237 e. The number of carbonyl (C=O) groups excluding carboxylic acids is 2. The van der Waals surface area contributed by atoms with Crippen molar-refractivity contribution in [1.82, 2.24) is 16.0 Å². The van der Waals surface area contributed by atoms with E-state index in [1.165, 1.54) is 0 Å². The number of hydrogen-bond donors (Lipinski definition) is 3. The molecular formula is C26H29N3O2. The third-order valence-electron chi connectivity index (χ3n) is 5.81. The van der Waals surface area contributed by atoms with Gasteiger partial charge in [0, 0.05) is 6.54 Å². The van der Waals surface area contributed by atoms with Gasteiger partial charge in [0.25, 0.3) is 0 Å². The van der Waals surface area contributed by atoms with Crippen LogP contribution in [0.3, 0.4) is 0 Å². The SMILES string of the molecule is O=C(CNCc1ccccc1)[C@H](Cc1ccc2ccccc2c1)NC(=O)[C@@H]1CCCN1. The Bertz CT molecular complexity index is 1030. The van der Waals surface area contributed by atoms with Crippen LogP contribution in [-0.2, 0) is 22.6 Å². The molecule has 0 saturated carbocycles. The largest absolute Gasteiger partial charge is 0.345 e. The Hall–Kier alpha value is -3.02. The van der Waals surface area contributed by atoms with E-state index >= 15 is 0 Å². The maximum atomic E-state index is 13.1. The summed E-state index contributed by atoms with van der Waals surface area (Å²) >= 11 is 0. The zero-order valence-electron chi connectivity index (χ0n) is 17.6. The highest BCUT2D eigenvalue weighted by atomic mass is 16.2. The minimum absolute atomic E-state index is 0.00423. The summed E-state index contributed by atoms with van der Waals surface area (Å²) in [5.74, 6) is -0.0878. The molecule has 0 aromatic heterocycles. The molecule has 31 heavy (non-hydrogen) atoms. The number of hydrogen-bond acceptors (Lipinski definition) is 4. The second-order valence-corrected chi connectivity index (χ2v) is 8.15. The summed E-state index contributed by atoms with van der Waals surface area (Å²) in [6.45, 7) is 1.68. The molecule has 160 valence electrons. The standard InChI is InChI=1S/C26H29N3O2/c30-25(18-27-17-19-7-2-1-3-8-19)24(29-26(31)23-11-6-14-28-23)16-20-12-13-21-9-4-5-10-22(21)15-20/h1-5,7-10,12-13,15,23-24,27-28H,6,11,14,16-18H2,(H,29,31)/t23-,24-/m0/s1. The van der Waals surface area contributed by atoms with E-state index in [-0.39, 0.29) is 24.3 Å². The van der Waals surface area contributed by atoms with Gasteiger partial charge in [-0.3, -0.25) is 9.59 Å². The van der Waals surface area contributed by atoms with Crippen molar-refractivity contribution in [3.8, 4) is 0 Å². The van der Waals surface area contributed by atoms with E-state index in [1.807, 2.05) is 48.5 Å². The zero-order chi connectivity index (χ0) is 21.5. The third kappa shape index (κ3) is 5.78. The topological polar surface area (TPSA) is 70.2 Å². The van der Waals surface area contributed by atoms with Crippen LogP contribution in [0.4, 0.5) is 0 Å². The van der Waals surface area contributed by atoms with Crippen molar-refractivity contribution in [2.45, 2.75) is 37.9 Å². The predicted octanol–water partition coefficient (Wildman–Crippen LogP) is 2.98. The molecule has 0 radical (unpaired) electrons. The molecule has 1 aliphatic rings. The maximum Gasteiger partial charge on any atom is 0.237 e. The average molecular weight is 416 g/mol. The van der Waals surface area contributed by atoms with Gasteiger partial charge in [-0.05, 0) is 47.7 Å². The minimum Gasteiger partial charge on any atom is -0.345 e. The van der Waals surface area contributed by atoms with Gasteiger partial charge >= 0.3 is 0 Å². The number of carbonyl (C=O) groups is 2. The first kappa shape index (κ1) is 21.2. The molecular weight excluding hydrogens is 386 g/mol. The number of fused-ring (bicyclic) bond motifs is 1. The third-order valence-corrected chi connectivity index (χ3v) is 5.81. The summed E-state index contributed by atoms with van der Waals surface area (Å²) in [5.41, 5.74) is 2.17. The van der Waals surface area contributed by atoms with Crippen LogP contribution in [0.2, 0.25) is 0 Å². The van der Waals surface area contributed by atoms with Crippen molar-refractivity contribution in [3.63, 3.8) is 0 Å². The molecule has 0 spiro atoms. The number of nitrogens with one attached hydrogen (secondary N) is 3. The Balaban J connectivity index is 1.44. The fourth-order valence-electron chi connectivity index (χ4n) is 4.08. The normalized spacial score (nSPS) is 16.8. The van der Waals surface area contributed by atoms with Crippen molar-refractivity contribution < 1.29 is 9.59 Å². The van der Waals surface area contributed by atoms with Crippen LogP contribution in [0, 0.1) is 0 Å². The van der Waals surface area contributed by atoms with Gasteiger partial charge in [0.05, 0.1) is 18.6 Å². The van der Waals surface area contributed by atoms with E-state index in [0.29, 0.717) is 13.0 Å². The van der Waals surface area contributed by atoms with Gasteiger partial charge in [-0.1, -0.05) is 72.8 Å². The first-order valence-corrected chi connectivity index (χ1v) is 11.0. The molecule has 2 atom stereocenters. The van der Waals surface area contributed by atoms with Crippen LogP contribution in [0.1, 0.15) is 24.0 Å². The summed E-state index contributed by atoms with van der Waals surface area (Å²) in [6.07, 6.45) is 2.28. The Morgan fingerprint density at radius 1 is 0.935 bits per heavy atom. The van der Waals surface area contributed by atoms with Gasteiger partial charge in [-0.15, -0.1) is 0 Å². The number of benzene rings is 3. The summed E-state index contributed by atoms with van der Waals surface area (Å²) in [7, 11) is 0. The number of ketones is 1. The zero-order valence-corrected chi connectivity index (χ0v) is 17.6. The van der Waals surface area contributed by atoms with Crippen LogP contribution < -0.4 is 16.0 Å². The number of amides is 1. The average Bonchev–Trinajstić information content (AvgIpc) is 3.34. The van der Waals surface area contributed by atoms with Crippen molar-refractivity contribution >= 4 is 22.5 Å².